The zero-order chi connectivity index (χ0) is 26.2. The Hall–Kier alpha value is -3.43. The lowest BCUT2D eigenvalue weighted by Crippen LogP contribution is -2.44. The Morgan fingerprint density at radius 3 is 2.34 bits per heavy atom. The summed E-state index contributed by atoms with van der Waals surface area (Å²) < 4.78 is 1.89. The fourth-order valence-electron chi connectivity index (χ4n) is 5.78. The van der Waals surface area contributed by atoms with Crippen molar-refractivity contribution in [2.45, 2.75) is 40.2 Å². The molecular formula is C29H37N9. The summed E-state index contributed by atoms with van der Waals surface area (Å²) in [6.07, 6.45) is 6.13. The Bertz CT molecular complexity index is 1400. The second-order valence-corrected chi connectivity index (χ2v) is 11.0. The SMILES string of the molecule is Cc1nc2nc(C)c(CC3CCN(c4ccc(-c5cnc(CN6CCN(C)CC6)nc5)cc4)C3)c(C)n2n1. The quantitative estimate of drug-likeness (QED) is 0.390. The van der Waals surface area contributed by atoms with Crippen molar-refractivity contribution in [3.8, 4) is 11.1 Å². The molecule has 0 aliphatic carbocycles. The standard InChI is InChI=1S/C29H37N9/c1-20-27(21(2)38-29(32-20)33-22(3)34-38)15-23-9-10-37(18-23)26-7-5-24(6-8-26)25-16-30-28(31-17-25)19-36-13-11-35(4)12-14-36/h5-8,16-17,23H,9-15,18-19H2,1-4H3. The van der Waals surface area contributed by atoms with Gasteiger partial charge in [0.2, 0.25) is 0 Å². The first-order valence-electron chi connectivity index (χ1n) is 13.7. The average molecular weight is 512 g/mol. The number of anilines is 1. The van der Waals surface area contributed by atoms with Crippen LogP contribution < -0.4 is 4.90 Å². The highest BCUT2D eigenvalue weighted by Gasteiger charge is 2.25. The van der Waals surface area contributed by atoms with Crippen molar-refractivity contribution in [3.63, 3.8) is 0 Å². The maximum absolute atomic E-state index is 4.71. The zero-order valence-corrected chi connectivity index (χ0v) is 22.9. The molecule has 0 bridgehead atoms. The molecule has 198 valence electrons. The number of rotatable bonds is 6. The summed E-state index contributed by atoms with van der Waals surface area (Å²) in [5.74, 6) is 2.96. The Morgan fingerprint density at radius 1 is 0.868 bits per heavy atom. The van der Waals surface area contributed by atoms with Crippen LogP contribution in [0.25, 0.3) is 16.9 Å². The van der Waals surface area contributed by atoms with Gasteiger partial charge in [0.25, 0.3) is 5.78 Å². The molecule has 6 rings (SSSR count). The first kappa shape index (κ1) is 24.9. The lowest BCUT2D eigenvalue weighted by molar-refractivity contribution is 0.145. The Kier molecular flexibility index (Phi) is 6.80. The molecule has 38 heavy (non-hydrogen) atoms. The molecule has 2 saturated heterocycles. The number of piperazine rings is 1. The Morgan fingerprint density at radius 2 is 1.61 bits per heavy atom. The van der Waals surface area contributed by atoms with E-state index in [4.69, 9.17) is 4.98 Å². The van der Waals surface area contributed by atoms with Crippen LogP contribution in [0.15, 0.2) is 36.7 Å². The molecule has 5 heterocycles. The fraction of sp³-hybridized carbons (Fsp3) is 0.483. The highest BCUT2D eigenvalue weighted by atomic mass is 15.3. The van der Waals surface area contributed by atoms with E-state index in [2.05, 4.69) is 79.9 Å². The van der Waals surface area contributed by atoms with Gasteiger partial charge in [0.15, 0.2) is 0 Å². The number of likely N-dealkylation sites (N-methyl/N-ethyl adjacent to an activating group) is 1. The summed E-state index contributed by atoms with van der Waals surface area (Å²) in [5.41, 5.74) is 7.03. The third kappa shape index (κ3) is 5.13. The van der Waals surface area contributed by atoms with E-state index < -0.39 is 0 Å². The van der Waals surface area contributed by atoms with E-state index in [0.717, 1.165) is 86.4 Å². The van der Waals surface area contributed by atoms with Crippen LogP contribution in [0.1, 0.15) is 35.0 Å². The Labute approximate surface area is 224 Å². The first-order chi connectivity index (χ1) is 18.4. The number of nitrogens with zero attached hydrogens (tertiary/aromatic N) is 9. The number of hydrogen-bond donors (Lipinski definition) is 0. The molecule has 1 aromatic carbocycles. The van der Waals surface area contributed by atoms with Crippen molar-refractivity contribution < 1.29 is 0 Å². The summed E-state index contributed by atoms with van der Waals surface area (Å²) in [5, 5.41) is 4.54. The summed E-state index contributed by atoms with van der Waals surface area (Å²) in [7, 11) is 2.18. The predicted octanol–water partition coefficient (Wildman–Crippen LogP) is 3.32. The molecule has 0 saturated carbocycles. The first-order valence-corrected chi connectivity index (χ1v) is 13.7. The maximum Gasteiger partial charge on any atom is 0.252 e. The highest BCUT2D eigenvalue weighted by Crippen LogP contribution is 2.29. The van der Waals surface area contributed by atoms with Crippen molar-refractivity contribution in [1.29, 1.82) is 0 Å². The number of hydrogen-bond acceptors (Lipinski definition) is 8. The molecule has 0 spiro atoms. The van der Waals surface area contributed by atoms with Crippen LogP contribution in [0.2, 0.25) is 0 Å². The minimum atomic E-state index is 0.595. The minimum Gasteiger partial charge on any atom is -0.371 e. The van der Waals surface area contributed by atoms with Crippen LogP contribution in [-0.2, 0) is 13.0 Å². The van der Waals surface area contributed by atoms with Gasteiger partial charge in [-0.25, -0.2) is 19.5 Å². The molecule has 9 heteroatoms. The van der Waals surface area contributed by atoms with Crippen molar-refractivity contribution in [2.24, 2.45) is 5.92 Å². The van der Waals surface area contributed by atoms with Gasteiger partial charge in [-0.15, -0.1) is 0 Å². The van der Waals surface area contributed by atoms with Gasteiger partial charge >= 0.3 is 0 Å². The van der Waals surface area contributed by atoms with Gasteiger partial charge in [-0.2, -0.15) is 10.1 Å². The van der Waals surface area contributed by atoms with Crippen LogP contribution >= 0.6 is 0 Å². The monoisotopic (exact) mass is 511 g/mol. The number of aryl methyl sites for hydroxylation is 3. The van der Waals surface area contributed by atoms with Gasteiger partial charge in [-0.1, -0.05) is 12.1 Å². The van der Waals surface area contributed by atoms with Gasteiger partial charge < -0.3 is 9.80 Å². The van der Waals surface area contributed by atoms with E-state index in [1.807, 2.05) is 23.8 Å². The van der Waals surface area contributed by atoms with Crippen molar-refractivity contribution >= 4 is 11.5 Å². The molecule has 2 aliphatic rings. The Balaban J connectivity index is 1.08. The topological polar surface area (TPSA) is 78.6 Å². The van der Waals surface area contributed by atoms with Crippen LogP contribution in [0, 0.1) is 26.7 Å². The molecule has 0 radical (unpaired) electrons. The van der Waals surface area contributed by atoms with Crippen molar-refractivity contribution in [2.75, 3.05) is 51.2 Å². The van der Waals surface area contributed by atoms with E-state index in [1.165, 1.54) is 17.7 Å². The molecule has 1 atom stereocenters. The van der Waals surface area contributed by atoms with E-state index in [1.54, 1.807) is 0 Å². The second-order valence-electron chi connectivity index (χ2n) is 11.0. The van der Waals surface area contributed by atoms with Crippen molar-refractivity contribution in [1.82, 2.24) is 39.3 Å². The van der Waals surface area contributed by atoms with Crippen LogP contribution in [-0.4, -0.2) is 85.7 Å². The summed E-state index contributed by atoms with van der Waals surface area (Å²) >= 11 is 0. The summed E-state index contributed by atoms with van der Waals surface area (Å²) in [6, 6.07) is 8.86. The molecule has 4 aromatic rings. The van der Waals surface area contributed by atoms with Gasteiger partial charge in [0.1, 0.15) is 11.6 Å². The van der Waals surface area contributed by atoms with Crippen molar-refractivity contribution in [3.05, 3.63) is 65.3 Å². The van der Waals surface area contributed by atoms with E-state index in [-0.39, 0.29) is 0 Å². The smallest absolute Gasteiger partial charge is 0.252 e. The second kappa shape index (κ2) is 10.4. The predicted molar refractivity (Wildman–Crippen MR) is 149 cm³/mol. The van der Waals surface area contributed by atoms with E-state index in [0.29, 0.717) is 11.7 Å². The number of fused-ring (bicyclic) bond motifs is 1. The number of aromatic nitrogens is 6. The van der Waals surface area contributed by atoms with Crippen LogP contribution in [0.5, 0.6) is 0 Å². The maximum atomic E-state index is 4.71. The van der Waals surface area contributed by atoms with Crippen LogP contribution in [0.4, 0.5) is 5.69 Å². The lowest BCUT2D eigenvalue weighted by atomic mass is 9.96. The highest BCUT2D eigenvalue weighted by molar-refractivity contribution is 5.65. The number of benzene rings is 1. The summed E-state index contributed by atoms with van der Waals surface area (Å²) in [6.45, 7) is 13.5. The molecule has 1 unspecified atom stereocenters. The summed E-state index contributed by atoms with van der Waals surface area (Å²) in [4.78, 5) is 25.8. The molecular weight excluding hydrogens is 474 g/mol. The molecule has 3 aromatic heterocycles. The van der Waals surface area contributed by atoms with E-state index in [9.17, 15) is 0 Å². The van der Waals surface area contributed by atoms with Gasteiger partial charge in [0.05, 0.1) is 6.54 Å². The molecule has 2 fully saturated rings. The minimum absolute atomic E-state index is 0.595. The molecule has 0 N–H and O–H groups in total. The van der Waals surface area contributed by atoms with Gasteiger partial charge in [-0.3, -0.25) is 4.90 Å². The lowest BCUT2D eigenvalue weighted by Gasteiger charge is -2.31. The van der Waals surface area contributed by atoms with E-state index >= 15 is 0 Å². The third-order valence-corrected chi connectivity index (χ3v) is 8.17. The fourth-order valence-corrected chi connectivity index (χ4v) is 5.78. The largest absolute Gasteiger partial charge is 0.371 e. The van der Waals surface area contributed by atoms with Gasteiger partial charge in [0, 0.05) is 74.3 Å². The average Bonchev–Trinajstić information content (AvgIpc) is 3.55. The molecule has 9 nitrogen and oxygen atoms in total. The van der Waals surface area contributed by atoms with Gasteiger partial charge in [-0.05, 0) is 69.8 Å². The zero-order valence-electron chi connectivity index (χ0n) is 22.9. The van der Waals surface area contributed by atoms with Crippen LogP contribution in [0.3, 0.4) is 0 Å². The normalized spacial score (nSPS) is 19.1. The molecule has 2 aliphatic heterocycles. The third-order valence-electron chi connectivity index (χ3n) is 8.17. The molecule has 0 amide bonds.